The summed E-state index contributed by atoms with van der Waals surface area (Å²) >= 11 is 1.91. The Morgan fingerprint density at radius 1 is 1.00 bits per heavy atom. The van der Waals surface area contributed by atoms with Crippen LogP contribution in [0.3, 0.4) is 0 Å². The van der Waals surface area contributed by atoms with Crippen molar-refractivity contribution in [3.8, 4) is 5.88 Å². The van der Waals surface area contributed by atoms with E-state index in [0.717, 1.165) is 60.0 Å². The Morgan fingerprint density at radius 3 is 2.48 bits per heavy atom. The van der Waals surface area contributed by atoms with Crippen molar-refractivity contribution in [1.29, 1.82) is 0 Å². The number of carbonyl (C=O) groups excluding carboxylic acids is 1. The maximum atomic E-state index is 14.0. The zero-order valence-electron chi connectivity index (χ0n) is 26.8. The maximum absolute atomic E-state index is 14.0. The molecule has 4 aliphatic rings. The van der Waals surface area contributed by atoms with E-state index in [2.05, 4.69) is 43.9 Å². The average molecular weight is 614 g/mol. The van der Waals surface area contributed by atoms with Gasteiger partial charge in [0, 0.05) is 53.1 Å². The van der Waals surface area contributed by atoms with Crippen molar-refractivity contribution in [2.45, 2.75) is 110 Å². The fraction of sp³-hybridized carbons (Fsp3) is 0.568. The molecule has 4 heterocycles. The number of hydrogen-bond donors (Lipinski definition) is 0. The molecule has 1 amide bonds. The number of benzene rings is 1. The molecule has 0 bridgehead atoms. The van der Waals surface area contributed by atoms with Crippen LogP contribution in [0, 0.1) is 26.7 Å². The predicted octanol–water partition coefficient (Wildman–Crippen LogP) is 7.37. The molecular formula is C37H47N3O3S. The van der Waals surface area contributed by atoms with Crippen LogP contribution in [0.4, 0.5) is 0 Å². The highest BCUT2D eigenvalue weighted by Crippen LogP contribution is 2.44. The van der Waals surface area contributed by atoms with Gasteiger partial charge in [-0.25, -0.2) is 4.98 Å². The summed E-state index contributed by atoms with van der Waals surface area (Å²) in [5, 5.41) is 0. The molecule has 2 aromatic heterocycles. The van der Waals surface area contributed by atoms with Crippen LogP contribution in [0.15, 0.2) is 36.4 Å². The first-order valence-corrected chi connectivity index (χ1v) is 17.6. The third-order valence-electron chi connectivity index (χ3n) is 10.5. The van der Waals surface area contributed by atoms with Crippen LogP contribution < -0.4 is 4.74 Å². The van der Waals surface area contributed by atoms with Crippen LogP contribution in [0.5, 0.6) is 5.88 Å². The van der Waals surface area contributed by atoms with Crippen molar-refractivity contribution in [2.24, 2.45) is 5.92 Å². The van der Waals surface area contributed by atoms with Crippen molar-refractivity contribution in [1.82, 2.24) is 14.8 Å². The number of aromatic nitrogens is 1. The van der Waals surface area contributed by atoms with Crippen molar-refractivity contribution in [3.05, 3.63) is 79.7 Å². The Balaban J connectivity index is 1.000. The van der Waals surface area contributed by atoms with Gasteiger partial charge in [-0.05, 0) is 93.9 Å². The Bertz CT molecular complexity index is 1490. The van der Waals surface area contributed by atoms with Gasteiger partial charge in [0.25, 0.3) is 5.91 Å². The molecule has 1 atom stereocenters. The average Bonchev–Trinajstić information content (AvgIpc) is 3.77. The van der Waals surface area contributed by atoms with Gasteiger partial charge in [-0.3, -0.25) is 9.69 Å². The fourth-order valence-electron chi connectivity index (χ4n) is 7.70. The highest BCUT2D eigenvalue weighted by atomic mass is 32.1. The number of thiophene rings is 1. The number of hydrogen-bond acceptors (Lipinski definition) is 6. The Labute approximate surface area is 266 Å². The van der Waals surface area contributed by atoms with E-state index in [1.165, 1.54) is 53.8 Å². The van der Waals surface area contributed by atoms with E-state index in [0.29, 0.717) is 43.1 Å². The topological polar surface area (TPSA) is 54.9 Å². The van der Waals surface area contributed by atoms with E-state index in [-0.39, 0.29) is 5.91 Å². The van der Waals surface area contributed by atoms with E-state index in [1.54, 1.807) is 0 Å². The summed E-state index contributed by atoms with van der Waals surface area (Å²) in [7, 11) is 0. The van der Waals surface area contributed by atoms with Crippen LogP contribution >= 0.6 is 11.3 Å². The second kappa shape index (κ2) is 12.6. The maximum Gasteiger partial charge on any atom is 0.255 e. The summed E-state index contributed by atoms with van der Waals surface area (Å²) in [6.45, 7) is 12.7. The van der Waals surface area contributed by atoms with Gasteiger partial charge in [0.2, 0.25) is 5.88 Å². The zero-order valence-corrected chi connectivity index (χ0v) is 27.6. The number of likely N-dealkylation sites (tertiary alicyclic amines) is 1. The molecular weight excluding hydrogens is 566 g/mol. The van der Waals surface area contributed by atoms with Crippen molar-refractivity contribution < 1.29 is 14.3 Å². The van der Waals surface area contributed by atoms with Crippen LogP contribution in [-0.2, 0) is 24.3 Å². The largest absolute Gasteiger partial charge is 0.473 e. The molecule has 1 saturated heterocycles. The lowest BCUT2D eigenvalue weighted by molar-refractivity contribution is -0.0860. The van der Waals surface area contributed by atoms with Gasteiger partial charge >= 0.3 is 0 Å². The summed E-state index contributed by atoms with van der Waals surface area (Å²) in [6, 6.07) is 13.0. The van der Waals surface area contributed by atoms with Gasteiger partial charge in [0.1, 0.15) is 6.61 Å². The summed E-state index contributed by atoms with van der Waals surface area (Å²) in [6.07, 6.45) is 9.65. The van der Waals surface area contributed by atoms with E-state index in [1.807, 2.05) is 41.4 Å². The second-order valence-corrected chi connectivity index (χ2v) is 14.9. The lowest BCUT2D eigenvalue weighted by Crippen LogP contribution is -2.57. The van der Waals surface area contributed by atoms with Crippen LogP contribution in [0.2, 0.25) is 0 Å². The molecule has 3 aromatic rings. The minimum atomic E-state index is 0.164. The molecule has 234 valence electrons. The first-order valence-electron chi connectivity index (χ1n) is 16.8. The molecule has 44 heavy (non-hydrogen) atoms. The van der Waals surface area contributed by atoms with Gasteiger partial charge in [-0.15, -0.1) is 11.3 Å². The smallest absolute Gasteiger partial charge is 0.255 e. The van der Waals surface area contributed by atoms with Gasteiger partial charge in [-0.1, -0.05) is 37.3 Å². The second-order valence-electron chi connectivity index (χ2n) is 13.8. The molecule has 7 rings (SSSR count). The van der Waals surface area contributed by atoms with Crippen molar-refractivity contribution >= 4 is 17.2 Å². The van der Waals surface area contributed by atoms with E-state index >= 15 is 0 Å². The summed E-state index contributed by atoms with van der Waals surface area (Å²) in [5.41, 5.74) is 6.35. The van der Waals surface area contributed by atoms with Gasteiger partial charge < -0.3 is 14.4 Å². The monoisotopic (exact) mass is 613 g/mol. The molecule has 0 radical (unpaired) electrons. The molecule has 0 unspecified atom stereocenters. The lowest BCUT2D eigenvalue weighted by Gasteiger charge is -2.47. The van der Waals surface area contributed by atoms with Crippen molar-refractivity contribution in [3.63, 3.8) is 0 Å². The number of aryl methyl sites for hydroxylation is 2. The molecule has 6 nitrogen and oxygen atoms in total. The first kappa shape index (κ1) is 29.9. The first-order chi connectivity index (χ1) is 21.3. The molecule has 3 fully saturated rings. The van der Waals surface area contributed by atoms with Gasteiger partial charge in [-0.2, -0.15) is 0 Å². The third kappa shape index (κ3) is 6.20. The molecule has 0 N–H and O–H groups in total. The van der Waals surface area contributed by atoms with E-state index in [9.17, 15) is 4.79 Å². The number of ether oxygens (including phenoxy) is 2. The fourth-order valence-corrected chi connectivity index (χ4v) is 9.13. The predicted molar refractivity (Wildman–Crippen MR) is 176 cm³/mol. The van der Waals surface area contributed by atoms with Crippen molar-refractivity contribution in [2.75, 3.05) is 19.6 Å². The normalized spacial score (nSPS) is 23.4. The Morgan fingerprint density at radius 2 is 1.75 bits per heavy atom. The molecule has 2 aliphatic carbocycles. The van der Waals surface area contributed by atoms with Crippen LogP contribution in [-0.4, -0.2) is 58.6 Å². The number of carbonyl (C=O) groups is 1. The minimum Gasteiger partial charge on any atom is -0.473 e. The van der Waals surface area contributed by atoms with Crippen LogP contribution in [0.1, 0.15) is 99.4 Å². The number of nitrogens with zero attached hydrogens (tertiary/aromatic N) is 3. The van der Waals surface area contributed by atoms with Gasteiger partial charge in [0.05, 0.1) is 24.3 Å². The van der Waals surface area contributed by atoms with Gasteiger partial charge in [0.15, 0.2) is 0 Å². The molecule has 7 heteroatoms. The Kier molecular flexibility index (Phi) is 8.55. The minimum absolute atomic E-state index is 0.164. The molecule has 0 spiro atoms. The Hall–Kier alpha value is -2.74. The number of amides is 1. The molecule has 2 saturated carbocycles. The number of rotatable bonds is 10. The highest BCUT2D eigenvalue weighted by Gasteiger charge is 2.39. The SMILES string of the molecule is Cc1cc(C)c(CN2CCc3sc([C@H](C)[C@H]4CC[C@H](N5CC(OC6CC6)C5)CC4)c(C)c3C2=O)c(OCc2ccccc2)n1. The summed E-state index contributed by atoms with van der Waals surface area (Å²) < 4.78 is 12.4. The molecule has 2 aliphatic heterocycles. The standard InChI is InChI=1S/C37H47N3O3S/c1-23-18-24(2)38-36(42-22-27-8-6-5-7-9-27)32(23)21-39-17-16-33-34(37(39)41)26(4)35(44-33)25(3)28-10-12-29(13-11-28)40-19-31(20-40)43-30-14-15-30/h5-9,18,25,28-31H,10-17,19-22H2,1-4H3/t25-,28-,29-/m1/s1. The summed E-state index contributed by atoms with van der Waals surface area (Å²) in [5.74, 6) is 2.00. The van der Waals surface area contributed by atoms with E-state index in [4.69, 9.17) is 14.5 Å². The highest BCUT2D eigenvalue weighted by molar-refractivity contribution is 7.12. The third-order valence-corrected chi connectivity index (χ3v) is 12.1. The number of pyridine rings is 1. The van der Waals surface area contributed by atoms with Crippen LogP contribution in [0.25, 0.3) is 0 Å². The molecule has 1 aromatic carbocycles. The van der Waals surface area contributed by atoms with E-state index < -0.39 is 0 Å². The lowest BCUT2D eigenvalue weighted by atomic mass is 9.76. The summed E-state index contributed by atoms with van der Waals surface area (Å²) in [4.78, 5) is 26.2. The quantitative estimate of drug-likeness (QED) is 0.239. The zero-order chi connectivity index (χ0) is 30.4. The number of fused-ring (bicyclic) bond motifs is 1.